The molecule has 3 rings (SSSR count). The minimum atomic E-state index is -0.209. The molecule has 1 amide bonds. The molecule has 0 spiro atoms. The summed E-state index contributed by atoms with van der Waals surface area (Å²) < 4.78 is 0. The summed E-state index contributed by atoms with van der Waals surface area (Å²) in [5.74, 6) is 0.237. The number of anilines is 1. The molecule has 2 heterocycles. The van der Waals surface area contributed by atoms with Crippen LogP contribution in [0.5, 0.6) is 0 Å². The third-order valence-electron chi connectivity index (χ3n) is 2.80. The maximum Gasteiger partial charge on any atom is 0.256 e. The second kappa shape index (κ2) is 5.27. The minimum absolute atomic E-state index is 0.209. The number of carbonyl (C=O) groups is 1. The molecule has 4 nitrogen and oxygen atoms in total. The molecule has 2 aromatic heterocycles. The Labute approximate surface area is 120 Å². The average molecular weight is 284 g/mol. The monoisotopic (exact) mass is 283 g/mol. The van der Waals surface area contributed by atoms with Gasteiger partial charge in [0.2, 0.25) is 0 Å². The van der Waals surface area contributed by atoms with Crippen molar-refractivity contribution in [1.29, 1.82) is 0 Å². The van der Waals surface area contributed by atoms with E-state index < -0.39 is 0 Å². The summed E-state index contributed by atoms with van der Waals surface area (Å²) in [5.41, 5.74) is 1.08. The number of hydrogen-bond donors (Lipinski definition) is 1. The molecule has 0 fully saturated rings. The van der Waals surface area contributed by atoms with Crippen molar-refractivity contribution in [2.24, 2.45) is 0 Å². The lowest BCUT2D eigenvalue weighted by molar-refractivity contribution is 0.102. The maximum atomic E-state index is 12.0. The number of pyridine rings is 2. The van der Waals surface area contributed by atoms with Crippen molar-refractivity contribution < 1.29 is 4.79 Å². The first kappa shape index (κ1) is 12.6. The molecule has 0 atom stereocenters. The molecule has 20 heavy (non-hydrogen) atoms. The van der Waals surface area contributed by atoms with Gasteiger partial charge < -0.3 is 5.32 Å². The Morgan fingerprint density at radius 2 is 1.70 bits per heavy atom. The van der Waals surface area contributed by atoms with E-state index in [2.05, 4.69) is 15.3 Å². The Balaban J connectivity index is 1.89. The summed E-state index contributed by atoms with van der Waals surface area (Å²) in [7, 11) is 0. The highest BCUT2D eigenvalue weighted by molar-refractivity contribution is 6.29. The fourth-order valence-corrected chi connectivity index (χ4v) is 1.97. The largest absolute Gasteiger partial charge is 0.306 e. The van der Waals surface area contributed by atoms with Crippen LogP contribution in [0.25, 0.3) is 11.0 Å². The van der Waals surface area contributed by atoms with Gasteiger partial charge in [0.25, 0.3) is 5.91 Å². The molecule has 98 valence electrons. The summed E-state index contributed by atoms with van der Waals surface area (Å²) in [6, 6.07) is 16.1. The van der Waals surface area contributed by atoms with E-state index in [9.17, 15) is 4.79 Å². The number of fused-ring (bicyclic) bond motifs is 1. The number of nitrogens with zero attached hydrogens (tertiary/aromatic N) is 2. The minimum Gasteiger partial charge on any atom is -0.306 e. The number of aromatic nitrogens is 2. The van der Waals surface area contributed by atoms with Crippen LogP contribution in [0.4, 0.5) is 5.82 Å². The summed E-state index contributed by atoms with van der Waals surface area (Å²) in [4.78, 5) is 20.4. The van der Waals surface area contributed by atoms with Crippen LogP contribution in [-0.4, -0.2) is 15.9 Å². The molecule has 0 aliphatic heterocycles. The standard InChI is InChI=1S/C15H10ClN3O/c16-12-8-6-10-7-9-13(18-14(10)17-12)19-15(20)11-4-2-1-3-5-11/h1-9H,(H,17,18,19,20). The Bertz CT molecular complexity index is 774. The van der Waals surface area contributed by atoms with E-state index in [1.54, 1.807) is 24.3 Å². The highest BCUT2D eigenvalue weighted by atomic mass is 35.5. The summed E-state index contributed by atoms with van der Waals surface area (Å²) in [5, 5.41) is 3.98. The van der Waals surface area contributed by atoms with Gasteiger partial charge >= 0.3 is 0 Å². The number of hydrogen-bond acceptors (Lipinski definition) is 3. The molecule has 5 heteroatoms. The van der Waals surface area contributed by atoms with Crippen molar-refractivity contribution in [3.63, 3.8) is 0 Å². The normalized spacial score (nSPS) is 10.4. The molecule has 0 saturated carbocycles. The Kier molecular flexibility index (Phi) is 3.31. The molecule has 0 unspecified atom stereocenters. The molecule has 0 bridgehead atoms. The van der Waals surface area contributed by atoms with Crippen LogP contribution < -0.4 is 5.32 Å². The van der Waals surface area contributed by atoms with Gasteiger partial charge in [0, 0.05) is 10.9 Å². The lowest BCUT2D eigenvalue weighted by Crippen LogP contribution is -2.12. The maximum absolute atomic E-state index is 12.0. The van der Waals surface area contributed by atoms with Gasteiger partial charge in [-0.15, -0.1) is 0 Å². The number of benzene rings is 1. The van der Waals surface area contributed by atoms with E-state index >= 15 is 0 Å². The van der Waals surface area contributed by atoms with Crippen molar-refractivity contribution in [1.82, 2.24) is 9.97 Å². The van der Waals surface area contributed by atoms with Crippen LogP contribution in [0.2, 0.25) is 5.15 Å². The van der Waals surface area contributed by atoms with E-state index in [0.29, 0.717) is 22.2 Å². The van der Waals surface area contributed by atoms with Gasteiger partial charge in [0.05, 0.1) is 0 Å². The molecule has 1 aromatic carbocycles. The summed E-state index contributed by atoms with van der Waals surface area (Å²) in [6.07, 6.45) is 0. The van der Waals surface area contributed by atoms with Gasteiger partial charge in [-0.05, 0) is 36.4 Å². The van der Waals surface area contributed by atoms with E-state index in [-0.39, 0.29) is 5.91 Å². The van der Waals surface area contributed by atoms with Gasteiger partial charge in [-0.2, -0.15) is 0 Å². The second-order valence-corrected chi connectivity index (χ2v) is 4.58. The first-order chi connectivity index (χ1) is 9.72. The first-order valence-electron chi connectivity index (χ1n) is 6.02. The van der Waals surface area contributed by atoms with Crippen LogP contribution in [0, 0.1) is 0 Å². The first-order valence-corrected chi connectivity index (χ1v) is 6.40. The Hall–Kier alpha value is -2.46. The van der Waals surface area contributed by atoms with E-state index in [0.717, 1.165) is 5.39 Å². The van der Waals surface area contributed by atoms with E-state index in [4.69, 9.17) is 11.6 Å². The number of nitrogens with one attached hydrogen (secondary N) is 1. The molecule has 0 aliphatic rings. The highest BCUT2D eigenvalue weighted by Gasteiger charge is 2.07. The second-order valence-electron chi connectivity index (χ2n) is 4.20. The quantitative estimate of drug-likeness (QED) is 0.732. The third kappa shape index (κ3) is 2.60. The number of halogens is 1. The predicted molar refractivity (Wildman–Crippen MR) is 78.9 cm³/mol. The lowest BCUT2D eigenvalue weighted by atomic mass is 10.2. The van der Waals surface area contributed by atoms with Gasteiger partial charge in [-0.1, -0.05) is 29.8 Å². The van der Waals surface area contributed by atoms with Crippen LogP contribution in [-0.2, 0) is 0 Å². The highest BCUT2D eigenvalue weighted by Crippen LogP contribution is 2.16. The lowest BCUT2D eigenvalue weighted by Gasteiger charge is -2.05. The fourth-order valence-electron chi connectivity index (χ4n) is 1.82. The van der Waals surface area contributed by atoms with Crippen molar-refractivity contribution >= 4 is 34.4 Å². The van der Waals surface area contributed by atoms with Crippen LogP contribution in [0.15, 0.2) is 54.6 Å². The summed E-state index contributed by atoms with van der Waals surface area (Å²) >= 11 is 5.83. The van der Waals surface area contributed by atoms with E-state index in [1.807, 2.05) is 30.3 Å². The van der Waals surface area contributed by atoms with Gasteiger partial charge in [-0.3, -0.25) is 4.79 Å². The number of carbonyl (C=O) groups excluding carboxylic acids is 1. The van der Waals surface area contributed by atoms with Crippen LogP contribution >= 0.6 is 11.6 Å². The molecule has 3 aromatic rings. The zero-order chi connectivity index (χ0) is 13.9. The third-order valence-corrected chi connectivity index (χ3v) is 3.01. The number of amides is 1. The van der Waals surface area contributed by atoms with Gasteiger partial charge in [-0.25, -0.2) is 9.97 Å². The number of rotatable bonds is 2. The van der Waals surface area contributed by atoms with Crippen molar-refractivity contribution in [3.8, 4) is 0 Å². The van der Waals surface area contributed by atoms with Crippen molar-refractivity contribution in [2.45, 2.75) is 0 Å². The fraction of sp³-hybridized carbons (Fsp3) is 0. The molecular formula is C15H10ClN3O. The zero-order valence-corrected chi connectivity index (χ0v) is 11.1. The average Bonchev–Trinajstić information content (AvgIpc) is 2.47. The zero-order valence-electron chi connectivity index (χ0n) is 10.4. The molecule has 0 saturated heterocycles. The SMILES string of the molecule is O=C(Nc1ccc2ccc(Cl)nc2n1)c1ccccc1. The smallest absolute Gasteiger partial charge is 0.256 e. The van der Waals surface area contributed by atoms with E-state index in [1.165, 1.54) is 0 Å². The van der Waals surface area contributed by atoms with Crippen molar-refractivity contribution in [3.05, 3.63) is 65.3 Å². The van der Waals surface area contributed by atoms with Gasteiger partial charge in [0.15, 0.2) is 5.65 Å². The molecular weight excluding hydrogens is 274 g/mol. The van der Waals surface area contributed by atoms with Gasteiger partial charge in [0.1, 0.15) is 11.0 Å². The molecule has 0 aliphatic carbocycles. The van der Waals surface area contributed by atoms with Crippen LogP contribution in [0.3, 0.4) is 0 Å². The topological polar surface area (TPSA) is 54.9 Å². The summed E-state index contributed by atoms with van der Waals surface area (Å²) in [6.45, 7) is 0. The van der Waals surface area contributed by atoms with Crippen molar-refractivity contribution in [2.75, 3.05) is 5.32 Å². The predicted octanol–water partition coefficient (Wildman–Crippen LogP) is 3.54. The van der Waals surface area contributed by atoms with Crippen LogP contribution in [0.1, 0.15) is 10.4 Å². The Morgan fingerprint density at radius 1 is 0.950 bits per heavy atom. The molecule has 1 N–H and O–H groups in total. The molecule has 0 radical (unpaired) electrons. The Morgan fingerprint density at radius 3 is 2.50 bits per heavy atom.